The molecule has 0 amide bonds. The molecule has 0 saturated heterocycles. The molecule has 72 valence electrons. The van der Waals surface area contributed by atoms with Gasteiger partial charge in [-0.1, -0.05) is 0 Å². The van der Waals surface area contributed by atoms with E-state index in [-0.39, 0.29) is 12.1 Å². The van der Waals surface area contributed by atoms with Gasteiger partial charge < -0.3 is 9.47 Å². The minimum absolute atomic E-state index is 0.147. The molecule has 0 fully saturated rings. The van der Waals surface area contributed by atoms with Crippen LogP contribution in [0.4, 0.5) is 0 Å². The van der Waals surface area contributed by atoms with Gasteiger partial charge >= 0.3 is 5.97 Å². The van der Waals surface area contributed by atoms with Crippen molar-refractivity contribution >= 4 is 18.6 Å². The summed E-state index contributed by atoms with van der Waals surface area (Å²) in [5.41, 5.74) is 0. The van der Waals surface area contributed by atoms with Crippen molar-refractivity contribution < 1.29 is 14.3 Å². The van der Waals surface area contributed by atoms with Crippen LogP contribution in [0.15, 0.2) is 0 Å². The molecule has 0 aliphatic heterocycles. The molecule has 0 saturated carbocycles. The van der Waals surface area contributed by atoms with Crippen LogP contribution in [0.3, 0.4) is 0 Å². The van der Waals surface area contributed by atoms with E-state index in [1.165, 1.54) is 0 Å². The molecule has 0 spiro atoms. The number of hydrogen-bond acceptors (Lipinski definition) is 4. The lowest BCUT2D eigenvalue weighted by molar-refractivity contribution is -0.143. The van der Waals surface area contributed by atoms with Gasteiger partial charge in [0.05, 0.1) is 19.1 Å². The van der Waals surface area contributed by atoms with Crippen molar-refractivity contribution in [3.63, 3.8) is 0 Å². The second-order valence-corrected chi connectivity index (χ2v) is 2.98. The third-order valence-corrected chi connectivity index (χ3v) is 1.73. The third kappa shape index (κ3) is 6.49. The minimum Gasteiger partial charge on any atom is -0.466 e. The van der Waals surface area contributed by atoms with Crippen LogP contribution < -0.4 is 0 Å². The lowest BCUT2D eigenvalue weighted by Gasteiger charge is -2.08. The number of carbonyl (C=O) groups is 1. The molecule has 0 unspecified atom stereocenters. The van der Waals surface area contributed by atoms with E-state index in [1.807, 2.05) is 6.92 Å². The topological polar surface area (TPSA) is 35.5 Å². The first-order chi connectivity index (χ1) is 5.70. The standard InChI is InChI=1S/C8H16O3S/c1-7(10-2)3-5-11-8(9)4-6-12/h7,12H,3-6H2,1-2H3/t7-/m0/s1. The second kappa shape index (κ2) is 7.43. The zero-order valence-electron chi connectivity index (χ0n) is 7.58. The number of rotatable bonds is 6. The van der Waals surface area contributed by atoms with Crippen LogP contribution in [0.2, 0.25) is 0 Å². The molecular formula is C8H16O3S. The van der Waals surface area contributed by atoms with E-state index in [0.717, 1.165) is 6.42 Å². The zero-order chi connectivity index (χ0) is 9.40. The average molecular weight is 192 g/mol. The fourth-order valence-electron chi connectivity index (χ4n) is 0.620. The molecule has 0 bridgehead atoms. The van der Waals surface area contributed by atoms with E-state index < -0.39 is 0 Å². The number of thiol groups is 1. The van der Waals surface area contributed by atoms with Gasteiger partial charge in [0.1, 0.15) is 0 Å². The Hall–Kier alpha value is -0.220. The highest BCUT2D eigenvalue weighted by Crippen LogP contribution is 1.97. The molecule has 0 aromatic carbocycles. The first kappa shape index (κ1) is 11.8. The van der Waals surface area contributed by atoms with Crippen LogP contribution >= 0.6 is 12.6 Å². The van der Waals surface area contributed by atoms with E-state index in [0.29, 0.717) is 18.8 Å². The number of ether oxygens (including phenoxy) is 2. The number of hydrogen-bond donors (Lipinski definition) is 1. The van der Waals surface area contributed by atoms with Crippen molar-refractivity contribution in [3.05, 3.63) is 0 Å². The number of esters is 1. The average Bonchev–Trinajstić information content (AvgIpc) is 2.04. The molecule has 0 heterocycles. The van der Waals surface area contributed by atoms with Gasteiger partial charge in [0.2, 0.25) is 0 Å². The zero-order valence-corrected chi connectivity index (χ0v) is 8.47. The summed E-state index contributed by atoms with van der Waals surface area (Å²) in [4.78, 5) is 10.8. The maximum atomic E-state index is 10.8. The van der Waals surface area contributed by atoms with E-state index >= 15 is 0 Å². The summed E-state index contributed by atoms with van der Waals surface area (Å²) in [5, 5.41) is 0. The van der Waals surface area contributed by atoms with Gasteiger partial charge in [-0.25, -0.2) is 0 Å². The predicted molar refractivity (Wildman–Crippen MR) is 50.5 cm³/mol. The second-order valence-electron chi connectivity index (χ2n) is 2.53. The predicted octanol–water partition coefficient (Wildman–Crippen LogP) is 1.27. The Labute approximate surface area is 78.8 Å². The quantitative estimate of drug-likeness (QED) is 0.508. The fraction of sp³-hybridized carbons (Fsp3) is 0.875. The van der Waals surface area contributed by atoms with E-state index in [2.05, 4.69) is 12.6 Å². The van der Waals surface area contributed by atoms with Crippen LogP contribution in [0.25, 0.3) is 0 Å². The molecule has 0 aromatic rings. The Kier molecular flexibility index (Phi) is 7.29. The van der Waals surface area contributed by atoms with Gasteiger partial charge in [-0.2, -0.15) is 12.6 Å². The van der Waals surface area contributed by atoms with Gasteiger partial charge in [-0.05, 0) is 6.92 Å². The summed E-state index contributed by atoms with van der Waals surface area (Å²) in [6, 6.07) is 0. The van der Waals surface area contributed by atoms with Crippen molar-refractivity contribution in [2.45, 2.75) is 25.9 Å². The number of carbonyl (C=O) groups excluding carboxylic acids is 1. The summed E-state index contributed by atoms with van der Waals surface area (Å²) in [7, 11) is 1.64. The van der Waals surface area contributed by atoms with Gasteiger partial charge in [-0.15, -0.1) is 0 Å². The van der Waals surface area contributed by atoms with Crippen LogP contribution in [0.5, 0.6) is 0 Å². The summed E-state index contributed by atoms with van der Waals surface area (Å²) in [5.74, 6) is 0.354. The fourth-order valence-corrected chi connectivity index (χ4v) is 0.803. The molecule has 1 atom stereocenters. The normalized spacial score (nSPS) is 12.6. The minimum atomic E-state index is -0.187. The number of methoxy groups -OCH3 is 1. The molecular weight excluding hydrogens is 176 g/mol. The van der Waals surface area contributed by atoms with E-state index in [9.17, 15) is 4.79 Å². The Morgan fingerprint density at radius 2 is 2.25 bits per heavy atom. The molecule has 0 aliphatic carbocycles. The van der Waals surface area contributed by atoms with Crippen LogP contribution in [0.1, 0.15) is 19.8 Å². The summed E-state index contributed by atoms with van der Waals surface area (Å²) < 4.78 is 9.87. The van der Waals surface area contributed by atoms with Crippen molar-refractivity contribution in [1.82, 2.24) is 0 Å². The van der Waals surface area contributed by atoms with E-state index in [1.54, 1.807) is 7.11 Å². The smallest absolute Gasteiger partial charge is 0.306 e. The lowest BCUT2D eigenvalue weighted by atomic mass is 10.3. The maximum absolute atomic E-state index is 10.8. The van der Waals surface area contributed by atoms with Crippen molar-refractivity contribution in [2.24, 2.45) is 0 Å². The first-order valence-electron chi connectivity index (χ1n) is 4.00. The largest absolute Gasteiger partial charge is 0.466 e. The van der Waals surface area contributed by atoms with Crippen LogP contribution in [-0.4, -0.2) is 31.5 Å². The van der Waals surface area contributed by atoms with Crippen LogP contribution in [-0.2, 0) is 14.3 Å². The molecule has 0 aliphatic rings. The Balaban J connectivity index is 3.24. The highest BCUT2D eigenvalue weighted by molar-refractivity contribution is 7.80. The highest BCUT2D eigenvalue weighted by Gasteiger charge is 2.03. The maximum Gasteiger partial charge on any atom is 0.306 e. The Morgan fingerprint density at radius 1 is 1.58 bits per heavy atom. The molecule has 0 N–H and O–H groups in total. The third-order valence-electron chi connectivity index (χ3n) is 1.51. The summed E-state index contributed by atoms with van der Waals surface area (Å²) in [6.45, 7) is 2.37. The molecule has 4 heteroatoms. The molecule has 3 nitrogen and oxygen atoms in total. The van der Waals surface area contributed by atoms with Gasteiger partial charge in [0, 0.05) is 19.3 Å². The van der Waals surface area contributed by atoms with Crippen LogP contribution in [0, 0.1) is 0 Å². The Morgan fingerprint density at radius 3 is 2.75 bits per heavy atom. The SMILES string of the molecule is CO[C@@H](C)CCOC(=O)CCS. The first-order valence-corrected chi connectivity index (χ1v) is 4.63. The van der Waals surface area contributed by atoms with Gasteiger partial charge in [-0.3, -0.25) is 4.79 Å². The monoisotopic (exact) mass is 192 g/mol. The summed E-state index contributed by atoms with van der Waals surface area (Å²) >= 11 is 3.92. The molecule has 12 heavy (non-hydrogen) atoms. The molecule has 0 aromatic heterocycles. The van der Waals surface area contributed by atoms with Gasteiger partial charge in [0.25, 0.3) is 0 Å². The Bertz CT molecular complexity index is 127. The van der Waals surface area contributed by atoms with Gasteiger partial charge in [0.15, 0.2) is 0 Å². The van der Waals surface area contributed by atoms with Crippen molar-refractivity contribution in [3.8, 4) is 0 Å². The van der Waals surface area contributed by atoms with Crippen molar-refractivity contribution in [2.75, 3.05) is 19.5 Å². The van der Waals surface area contributed by atoms with E-state index in [4.69, 9.17) is 9.47 Å². The lowest BCUT2D eigenvalue weighted by Crippen LogP contribution is -2.12. The summed E-state index contributed by atoms with van der Waals surface area (Å²) in [6.07, 6.45) is 1.27. The molecule has 0 rings (SSSR count). The molecule has 0 radical (unpaired) electrons. The highest BCUT2D eigenvalue weighted by atomic mass is 32.1. The van der Waals surface area contributed by atoms with Crippen molar-refractivity contribution in [1.29, 1.82) is 0 Å².